The predicted molar refractivity (Wildman–Crippen MR) is 84.0 cm³/mol. The molecule has 0 spiro atoms. The second-order valence-corrected chi connectivity index (χ2v) is 5.70. The van der Waals surface area contributed by atoms with Gasteiger partial charge in [0.25, 0.3) is 0 Å². The minimum absolute atomic E-state index is 0.244. The Labute approximate surface area is 127 Å². The molecule has 5 heteroatoms. The van der Waals surface area contributed by atoms with Gasteiger partial charge in [-0.1, -0.05) is 0 Å². The van der Waals surface area contributed by atoms with E-state index in [-0.39, 0.29) is 6.04 Å². The maximum absolute atomic E-state index is 5.74. The minimum atomic E-state index is 0.244. The standard InChI is InChI=1S/C16H17N3OS/c1-11(13-3-6-17-7-4-13)18-9-15-12(2)20-16(19-15)14-5-8-21-10-14/h3-8,10-11,18H,9H2,1-2H3. The van der Waals surface area contributed by atoms with E-state index < -0.39 is 0 Å². The number of thiophene rings is 1. The zero-order valence-corrected chi connectivity index (χ0v) is 12.9. The molecule has 4 nitrogen and oxygen atoms in total. The molecule has 1 atom stereocenters. The van der Waals surface area contributed by atoms with Gasteiger partial charge >= 0.3 is 0 Å². The molecule has 0 aromatic carbocycles. The zero-order chi connectivity index (χ0) is 14.7. The number of aromatic nitrogens is 2. The Morgan fingerprint density at radius 2 is 2.10 bits per heavy atom. The van der Waals surface area contributed by atoms with Crippen LogP contribution in [-0.4, -0.2) is 9.97 Å². The van der Waals surface area contributed by atoms with E-state index in [1.54, 1.807) is 11.3 Å². The van der Waals surface area contributed by atoms with Crippen LogP contribution in [0.15, 0.2) is 45.8 Å². The molecule has 0 aliphatic heterocycles. The van der Waals surface area contributed by atoms with Crippen molar-refractivity contribution >= 4 is 11.3 Å². The normalized spacial score (nSPS) is 12.5. The summed E-state index contributed by atoms with van der Waals surface area (Å²) in [6, 6.07) is 6.30. The molecule has 3 aromatic heterocycles. The molecule has 0 amide bonds. The third-order valence-electron chi connectivity index (χ3n) is 3.44. The number of pyridine rings is 1. The van der Waals surface area contributed by atoms with Gasteiger partial charge in [-0.05, 0) is 43.0 Å². The van der Waals surface area contributed by atoms with E-state index in [2.05, 4.69) is 22.2 Å². The third-order valence-corrected chi connectivity index (χ3v) is 4.13. The highest BCUT2D eigenvalue weighted by Crippen LogP contribution is 2.24. The van der Waals surface area contributed by atoms with Crippen molar-refractivity contribution in [1.82, 2.24) is 15.3 Å². The SMILES string of the molecule is Cc1oc(-c2ccsc2)nc1CNC(C)c1ccncc1. The number of oxazole rings is 1. The highest BCUT2D eigenvalue weighted by molar-refractivity contribution is 7.08. The molecular weight excluding hydrogens is 282 g/mol. The summed E-state index contributed by atoms with van der Waals surface area (Å²) in [6.45, 7) is 4.77. The molecule has 0 saturated heterocycles. The van der Waals surface area contributed by atoms with Crippen LogP contribution in [0.3, 0.4) is 0 Å². The first-order valence-electron chi connectivity index (χ1n) is 6.86. The Kier molecular flexibility index (Phi) is 4.13. The van der Waals surface area contributed by atoms with Crippen LogP contribution in [0.5, 0.6) is 0 Å². The van der Waals surface area contributed by atoms with Crippen LogP contribution in [0.4, 0.5) is 0 Å². The van der Waals surface area contributed by atoms with Gasteiger partial charge in [-0.15, -0.1) is 0 Å². The van der Waals surface area contributed by atoms with Crippen LogP contribution < -0.4 is 5.32 Å². The van der Waals surface area contributed by atoms with Crippen LogP contribution in [-0.2, 0) is 6.54 Å². The van der Waals surface area contributed by atoms with Gasteiger partial charge in [-0.3, -0.25) is 4.98 Å². The van der Waals surface area contributed by atoms with Gasteiger partial charge in [-0.2, -0.15) is 11.3 Å². The largest absolute Gasteiger partial charge is 0.441 e. The molecular formula is C16H17N3OS. The fourth-order valence-corrected chi connectivity index (χ4v) is 2.75. The number of nitrogens with one attached hydrogen (secondary N) is 1. The van der Waals surface area contributed by atoms with Crippen molar-refractivity contribution in [2.75, 3.05) is 0 Å². The van der Waals surface area contributed by atoms with Crippen molar-refractivity contribution in [2.45, 2.75) is 26.4 Å². The lowest BCUT2D eigenvalue weighted by atomic mass is 10.1. The second kappa shape index (κ2) is 6.20. The van der Waals surface area contributed by atoms with Crippen molar-refractivity contribution in [3.8, 4) is 11.5 Å². The summed E-state index contributed by atoms with van der Waals surface area (Å²) in [5, 5.41) is 7.54. The minimum Gasteiger partial charge on any atom is -0.441 e. The van der Waals surface area contributed by atoms with Crippen LogP contribution in [0.2, 0.25) is 0 Å². The summed E-state index contributed by atoms with van der Waals surface area (Å²) in [4.78, 5) is 8.62. The maximum atomic E-state index is 5.74. The van der Waals surface area contributed by atoms with Gasteiger partial charge in [0.1, 0.15) is 5.76 Å². The first-order chi connectivity index (χ1) is 10.2. The number of nitrogens with zero attached hydrogens (tertiary/aromatic N) is 2. The molecule has 3 aromatic rings. The average Bonchev–Trinajstić information content (AvgIpc) is 3.15. The van der Waals surface area contributed by atoms with Gasteiger partial charge in [0.05, 0.1) is 5.69 Å². The third kappa shape index (κ3) is 3.20. The van der Waals surface area contributed by atoms with Crippen LogP contribution >= 0.6 is 11.3 Å². The highest BCUT2D eigenvalue weighted by atomic mass is 32.1. The summed E-state index contributed by atoms with van der Waals surface area (Å²) in [7, 11) is 0. The van der Waals surface area contributed by atoms with Crippen LogP contribution in [0, 0.1) is 6.92 Å². The zero-order valence-electron chi connectivity index (χ0n) is 12.0. The van der Waals surface area contributed by atoms with Gasteiger partial charge in [0.15, 0.2) is 0 Å². The first-order valence-corrected chi connectivity index (χ1v) is 7.80. The number of hydrogen-bond donors (Lipinski definition) is 1. The van der Waals surface area contributed by atoms with E-state index in [9.17, 15) is 0 Å². The van der Waals surface area contributed by atoms with Crippen molar-refractivity contribution in [3.63, 3.8) is 0 Å². The van der Waals surface area contributed by atoms with Crippen LogP contribution in [0.1, 0.15) is 30.0 Å². The number of aryl methyl sites for hydroxylation is 1. The molecule has 0 aliphatic rings. The molecule has 1 unspecified atom stereocenters. The fraction of sp³-hybridized carbons (Fsp3) is 0.250. The molecule has 3 rings (SSSR count). The van der Waals surface area contributed by atoms with Crippen molar-refractivity contribution in [2.24, 2.45) is 0 Å². The summed E-state index contributed by atoms with van der Waals surface area (Å²) in [5.74, 6) is 1.56. The molecule has 21 heavy (non-hydrogen) atoms. The molecule has 0 saturated carbocycles. The molecule has 3 heterocycles. The molecule has 108 valence electrons. The summed E-state index contributed by atoms with van der Waals surface area (Å²) < 4.78 is 5.74. The van der Waals surface area contributed by atoms with Crippen LogP contribution in [0.25, 0.3) is 11.5 Å². The topological polar surface area (TPSA) is 51.0 Å². The Bertz CT molecular complexity index is 692. The van der Waals surface area contributed by atoms with Crippen molar-refractivity contribution in [3.05, 3.63) is 58.4 Å². The van der Waals surface area contributed by atoms with Gasteiger partial charge in [0, 0.05) is 35.9 Å². The molecule has 0 radical (unpaired) electrons. The first kappa shape index (κ1) is 14.0. The lowest BCUT2D eigenvalue weighted by Crippen LogP contribution is -2.18. The Morgan fingerprint density at radius 1 is 1.29 bits per heavy atom. The van der Waals surface area contributed by atoms with E-state index in [0.717, 1.165) is 17.0 Å². The number of hydrogen-bond acceptors (Lipinski definition) is 5. The fourth-order valence-electron chi connectivity index (χ4n) is 2.12. The lowest BCUT2D eigenvalue weighted by molar-refractivity contribution is 0.528. The van der Waals surface area contributed by atoms with Gasteiger partial charge in [-0.25, -0.2) is 4.98 Å². The van der Waals surface area contributed by atoms with Gasteiger partial charge in [0.2, 0.25) is 5.89 Å². The van der Waals surface area contributed by atoms with E-state index in [1.807, 2.05) is 48.3 Å². The second-order valence-electron chi connectivity index (χ2n) is 4.92. The predicted octanol–water partition coefficient (Wildman–Crippen LogP) is 3.96. The summed E-state index contributed by atoms with van der Waals surface area (Å²) in [5.41, 5.74) is 3.21. The Balaban J connectivity index is 1.68. The smallest absolute Gasteiger partial charge is 0.227 e. The maximum Gasteiger partial charge on any atom is 0.227 e. The Hall–Kier alpha value is -1.98. The van der Waals surface area contributed by atoms with Crippen molar-refractivity contribution < 1.29 is 4.42 Å². The van der Waals surface area contributed by atoms with Crippen molar-refractivity contribution in [1.29, 1.82) is 0 Å². The van der Waals surface area contributed by atoms with Gasteiger partial charge < -0.3 is 9.73 Å². The molecule has 0 bridgehead atoms. The molecule has 0 fully saturated rings. The van der Waals surface area contributed by atoms with E-state index >= 15 is 0 Å². The van der Waals surface area contributed by atoms with E-state index in [0.29, 0.717) is 12.4 Å². The summed E-state index contributed by atoms with van der Waals surface area (Å²) in [6.07, 6.45) is 3.62. The highest BCUT2D eigenvalue weighted by Gasteiger charge is 2.13. The summed E-state index contributed by atoms with van der Waals surface area (Å²) >= 11 is 1.64. The number of rotatable bonds is 5. The molecule has 0 aliphatic carbocycles. The monoisotopic (exact) mass is 299 g/mol. The lowest BCUT2D eigenvalue weighted by Gasteiger charge is -2.12. The van der Waals surface area contributed by atoms with E-state index in [4.69, 9.17) is 4.42 Å². The molecule has 1 N–H and O–H groups in total. The quantitative estimate of drug-likeness (QED) is 0.775. The average molecular weight is 299 g/mol. The Morgan fingerprint density at radius 3 is 2.81 bits per heavy atom. The van der Waals surface area contributed by atoms with E-state index in [1.165, 1.54) is 5.56 Å².